The molecule has 1 unspecified atom stereocenters. The number of para-hydroxylation sites is 1. The predicted molar refractivity (Wildman–Crippen MR) is 108 cm³/mol. The van der Waals surface area contributed by atoms with Gasteiger partial charge in [0.05, 0.1) is 17.5 Å². The lowest BCUT2D eigenvalue weighted by Gasteiger charge is -2.19. The number of nitriles is 1. The number of hydrogen-bond acceptors (Lipinski definition) is 3. The molecule has 0 fully saturated rings. The molecule has 0 aliphatic heterocycles. The zero-order chi connectivity index (χ0) is 19.2. The summed E-state index contributed by atoms with van der Waals surface area (Å²) in [5.41, 5.74) is 4.00. The molecule has 3 rings (SSSR count). The van der Waals surface area contributed by atoms with Crippen molar-refractivity contribution in [2.75, 3.05) is 6.54 Å². The highest BCUT2D eigenvalue weighted by Crippen LogP contribution is 2.31. The number of hydrogen-bond donors (Lipinski definition) is 1. The summed E-state index contributed by atoms with van der Waals surface area (Å²) < 4.78 is 0. The van der Waals surface area contributed by atoms with Gasteiger partial charge in [-0.2, -0.15) is 5.26 Å². The van der Waals surface area contributed by atoms with E-state index in [1.807, 2.05) is 48.5 Å². The SMILES string of the molecule is CC(C)CC(C(=O)NCC#N)c1cccc(-c2cccc3cccnc23)c1. The third kappa shape index (κ3) is 4.32. The van der Waals surface area contributed by atoms with E-state index >= 15 is 0 Å². The van der Waals surface area contributed by atoms with Crippen molar-refractivity contribution in [1.29, 1.82) is 5.26 Å². The van der Waals surface area contributed by atoms with Crippen molar-refractivity contribution in [3.8, 4) is 17.2 Å². The highest BCUT2D eigenvalue weighted by atomic mass is 16.1. The van der Waals surface area contributed by atoms with Crippen LogP contribution in [0.25, 0.3) is 22.0 Å². The summed E-state index contributed by atoms with van der Waals surface area (Å²) in [5.74, 6) is -0.00889. The van der Waals surface area contributed by atoms with Crippen LogP contribution in [-0.4, -0.2) is 17.4 Å². The van der Waals surface area contributed by atoms with Gasteiger partial charge in [0, 0.05) is 17.1 Å². The van der Waals surface area contributed by atoms with Crippen molar-refractivity contribution in [1.82, 2.24) is 10.3 Å². The fraction of sp³-hybridized carbons (Fsp3) is 0.261. The third-order valence-corrected chi connectivity index (χ3v) is 4.60. The summed E-state index contributed by atoms with van der Waals surface area (Å²) in [7, 11) is 0. The summed E-state index contributed by atoms with van der Waals surface area (Å²) in [4.78, 5) is 17.2. The van der Waals surface area contributed by atoms with E-state index in [4.69, 9.17) is 5.26 Å². The fourth-order valence-electron chi connectivity index (χ4n) is 3.38. The predicted octanol–water partition coefficient (Wildman–Crippen LogP) is 4.67. The standard InChI is InChI=1S/C23H23N3O/c1-16(2)14-21(23(27)26-13-11-24)19-8-3-7-18(15-19)20-10-4-6-17-9-5-12-25-22(17)20/h3-10,12,15-16,21H,13-14H2,1-2H3,(H,26,27). The summed E-state index contributed by atoms with van der Waals surface area (Å²) in [6.07, 6.45) is 2.53. The normalized spacial score (nSPS) is 11.9. The molecular weight excluding hydrogens is 334 g/mol. The minimum atomic E-state index is -0.277. The Morgan fingerprint density at radius 3 is 2.70 bits per heavy atom. The van der Waals surface area contributed by atoms with Gasteiger partial charge in [-0.05, 0) is 29.5 Å². The van der Waals surface area contributed by atoms with Gasteiger partial charge in [-0.3, -0.25) is 9.78 Å². The number of amides is 1. The molecule has 0 aliphatic carbocycles. The molecular formula is C23H23N3O. The van der Waals surface area contributed by atoms with E-state index in [2.05, 4.69) is 36.3 Å². The van der Waals surface area contributed by atoms with E-state index < -0.39 is 0 Å². The van der Waals surface area contributed by atoms with Gasteiger partial charge in [-0.25, -0.2) is 0 Å². The van der Waals surface area contributed by atoms with E-state index in [-0.39, 0.29) is 18.4 Å². The zero-order valence-electron chi connectivity index (χ0n) is 15.6. The maximum Gasteiger partial charge on any atom is 0.228 e. The second kappa shape index (κ2) is 8.46. The molecule has 1 amide bonds. The molecule has 3 aromatic rings. The van der Waals surface area contributed by atoms with Gasteiger partial charge in [-0.15, -0.1) is 0 Å². The summed E-state index contributed by atoms with van der Waals surface area (Å²) in [5, 5.41) is 12.6. The molecule has 0 saturated heterocycles. The Morgan fingerprint density at radius 1 is 1.15 bits per heavy atom. The van der Waals surface area contributed by atoms with Crippen LogP contribution in [0.3, 0.4) is 0 Å². The average molecular weight is 357 g/mol. The van der Waals surface area contributed by atoms with Crippen molar-refractivity contribution in [2.45, 2.75) is 26.2 Å². The van der Waals surface area contributed by atoms with Gasteiger partial charge in [0.15, 0.2) is 0 Å². The second-order valence-corrected chi connectivity index (χ2v) is 7.06. The largest absolute Gasteiger partial charge is 0.342 e. The number of carbonyl (C=O) groups excluding carboxylic acids is 1. The molecule has 1 aromatic heterocycles. The first-order valence-corrected chi connectivity index (χ1v) is 9.19. The molecule has 0 spiro atoms. The molecule has 0 bridgehead atoms. The number of carbonyl (C=O) groups is 1. The Balaban J connectivity index is 2.02. The van der Waals surface area contributed by atoms with E-state index in [9.17, 15) is 4.79 Å². The van der Waals surface area contributed by atoms with Gasteiger partial charge < -0.3 is 5.32 Å². The summed E-state index contributed by atoms with van der Waals surface area (Å²) in [6.45, 7) is 4.23. The number of rotatable bonds is 6. The number of pyridine rings is 1. The number of aromatic nitrogens is 1. The van der Waals surface area contributed by atoms with Crippen LogP contribution >= 0.6 is 0 Å². The smallest absolute Gasteiger partial charge is 0.228 e. The Kier molecular flexibility index (Phi) is 5.83. The van der Waals surface area contributed by atoms with Gasteiger partial charge in [0.1, 0.15) is 6.54 Å². The lowest BCUT2D eigenvalue weighted by molar-refractivity contribution is -0.122. The first-order chi connectivity index (χ1) is 13.1. The molecule has 0 radical (unpaired) electrons. The quantitative estimate of drug-likeness (QED) is 0.652. The Bertz CT molecular complexity index is 983. The maximum absolute atomic E-state index is 12.6. The van der Waals surface area contributed by atoms with Gasteiger partial charge in [0.2, 0.25) is 5.91 Å². The highest BCUT2D eigenvalue weighted by Gasteiger charge is 2.22. The Labute approximate surface area is 159 Å². The topological polar surface area (TPSA) is 65.8 Å². The first-order valence-electron chi connectivity index (χ1n) is 9.19. The van der Waals surface area contributed by atoms with E-state index in [0.29, 0.717) is 5.92 Å². The van der Waals surface area contributed by atoms with Crippen molar-refractivity contribution in [2.24, 2.45) is 5.92 Å². The summed E-state index contributed by atoms with van der Waals surface area (Å²) >= 11 is 0. The molecule has 1 N–H and O–H groups in total. The number of fused-ring (bicyclic) bond motifs is 1. The number of nitrogens with one attached hydrogen (secondary N) is 1. The number of nitrogens with zero attached hydrogens (tertiary/aromatic N) is 2. The van der Waals surface area contributed by atoms with E-state index in [0.717, 1.165) is 34.0 Å². The van der Waals surface area contributed by atoms with Crippen molar-refractivity contribution >= 4 is 16.8 Å². The van der Waals surface area contributed by atoms with Crippen LogP contribution in [0.1, 0.15) is 31.7 Å². The fourth-order valence-corrected chi connectivity index (χ4v) is 3.38. The van der Waals surface area contributed by atoms with Crippen LogP contribution in [0, 0.1) is 17.2 Å². The highest BCUT2D eigenvalue weighted by molar-refractivity contribution is 5.94. The first kappa shape index (κ1) is 18.6. The Hall–Kier alpha value is -3.19. The van der Waals surface area contributed by atoms with E-state index in [1.165, 1.54) is 0 Å². The zero-order valence-corrected chi connectivity index (χ0v) is 15.6. The molecule has 2 aromatic carbocycles. The molecule has 136 valence electrons. The second-order valence-electron chi connectivity index (χ2n) is 7.06. The molecule has 0 saturated carbocycles. The minimum Gasteiger partial charge on any atom is -0.342 e. The minimum absolute atomic E-state index is 0.0281. The van der Waals surface area contributed by atoms with Crippen LogP contribution in [0.5, 0.6) is 0 Å². The molecule has 0 aliphatic rings. The maximum atomic E-state index is 12.6. The molecule has 1 heterocycles. The molecule has 27 heavy (non-hydrogen) atoms. The lowest BCUT2D eigenvalue weighted by Crippen LogP contribution is -2.30. The van der Waals surface area contributed by atoms with Gasteiger partial charge >= 0.3 is 0 Å². The van der Waals surface area contributed by atoms with Crippen LogP contribution in [0.15, 0.2) is 60.8 Å². The summed E-state index contributed by atoms with van der Waals surface area (Å²) in [6, 6.07) is 20.2. The van der Waals surface area contributed by atoms with Crippen LogP contribution in [-0.2, 0) is 4.79 Å². The van der Waals surface area contributed by atoms with Crippen LogP contribution in [0.2, 0.25) is 0 Å². The third-order valence-electron chi connectivity index (χ3n) is 4.60. The monoisotopic (exact) mass is 357 g/mol. The van der Waals surface area contributed by atoms with Gasteiger partial charge in [-0.1, -0.05) is 62.4 Å². The van der Waals surface area contributed by atoms with Crippen molar-refractivity contribution < 1.29 is 4.79 Å². The van der Waals surface area contributed by atoms with Crippen LogP contribution < -0.4 is 5.32 Å². The van der Waals surface area contributed by atoms with Gasteiger partial charge in [0.25, 0.3) is 0 Å². The molecule has 4 heteroatoms. The number of benzene rings is 2. The van der Waals surface area contributed by atoms with Crippen LogP contribution in [0.4, 0.5) is 0 Å². The van der Waals surface area contributed by atoms with Crippen molar-refractivity contribution in [3.63, 3.8) is 0 Å². The van der Waals surface area contributed by atoms with E-state index in [1.54, 1.807) is 6.20 Å². The molecule has 4 nitrogen and oxygen atoms in total. The average Bonchev–Trinajstić information content (AvgIpc) is 2.69. The lowest BCUT2D eigenvalue weighted by atomic mass is 9.87. The van der Waals surface area contributed by atoms with Crippen molar-refractivity contribution in [3.05, 3.63) is 66.4 Å². The Morgan fingerprint density at radius 2 is 1.93 bits per heavy atom. The molecule has 1 atom stereocenters.